The van der Waals surface area contributed by atoms with Crippen molar-refractivity contribution in [3.05, 3.63) is 29.8 Å². The summed E-state index contributed by atoms with van der Waals surface area (Å²) >= 11 is 1.39. The zero-order chi connectivity index (χ0) is 16.2. The van der Waals surface area contributed by atoms with Crippen molar-refractivity contribution < 1.29 is 13.9 Å². The van der Waals surface area contributed by atoms with E-state index in [1.807, 2.05) is 51.3 Å². The molecule has 1 heterocycles. The summed E-state index contributed by atoms with van der Waals surface area (Å²) < 4.78 is 10.7. The van der Waals surface area contributed by atoms with E-state index in [1.165, 1.54) is 11.8 Å². The van der Waals surface area contributed by atoms with Crippen molar-refractivity contribution >= 4 is 17.9 Å². The first-order valence-electron chi connectivity index (χ1n) is 6.81. The maximum atomic E-state index is 11.7. The molecule has 0 aliphatic carbocycles. The number of rotatable bonds is 4. The van der Waals surface area contributed by atoms with Gasteiger partial charge in [-0.05, 0) is 44.7 Å². The molecule has 1 aromatic heterocycles. The molecule has 2 rings (SSSR count). The molecule has 0 unspecified atom stereocenters. The van der Waals surface area contributed by atoms with Crippen LogP contribution in [0.4, 0.5) is 4.79 Å². The van der Waals surface area contributed by atoms with Crippen LogP contribution in [0, 0.1) is 0 Å². The summed E-state index contributed by atoms with van der Waals surface area (Å²) in [4.78, 5) is 11.7. The number of hydrogen-bond acceptors (Lipinski definition) is 6. The number of ether oxygens (including phenoxy) is 1. The Bertz CT molecular complexity index is 649. The molecule has 22 heavy (non-hydrogen) atoms. The van der Waals surface area contributed by atoms with Crippen molar-refractivity contribution in [3.8, 4) is 11.5 Å². The van der Waals surface area contributed by atoms with E-state index < -0.39 is 11.7 Å². The zero-order valence-electron chi connectivity index (χ0n) is 13.0. The number of nitrogens with zero attached hydrogens (tertiary/aromatic N) is 2. The molecule has 0 radical (unpaired) electrons. The first-order chi connectivity index (χ1) is 10.4. The molecule has 7 heteroatoms. The number of alkyl carbamates (subject to hydrolysis) is 1. The van der Waals surface area contributed by atoms with Crippen LogP contribution in [0.1, 0.15) is 26.3 Å². The Hall–Kier alpha value is -2.02. The molecular formula is C15H19N3O3S. The predicted octanol–water partition coefficient (Wildman–Crippen LogP) is 3.48. The molecule has 2 aromatic rings. The fourth-order valence-corrected chi connectivity index (χ4v) is 2.00. The van der Waals surface area contributed by atoms with Gasteiger partial charge >= 0.3 is 6.09 Å². The molecule has 118 valence electrons. The van der Waals surface area contributed by atoms with Crippen LogP contribution in [-0.4, -0.2) is 28.1 Å². The van der Waals surface area contributed by atoms with Gasteiger partial charge in [-0.2, -0.15) is 0 Å². The van der Waals surface area contributed by atoms with E-state index in [0.29, 0.717) is 17.7 Å². The highest BCUT2D eigenvalue weighted by Gasteiger charge is 2.16. The Morgan fingerprint density at radius 2 is 2.14 bits per heavy atom. The molecule has 0 bridgehead atoms. The van der Waals surface area contributed by atoms with E-state index in [9.17, 15) is 4.79 Å². The maximum Gasteiger partial charge on any atom is 0.407 e. The van der Waals surface area contributed by atoms with E-state index in [-0.39, 0.29) is 0 Å². The predicted molar refractivity (Wildman–Crippen MR) is 84.6 cm³/mol. The van der Waals surface area contributed by atoms with Gasteiger partial charge in [-0.15, -0.1) is 10.2 Å². The lowest BCUT2D eigenvalue weighted by Crippen LogP contribution is -2.32. The lowest BCUT2D eigenvalue weighted by Gasteiger charge is -2.19. The molecule has 0 aliphatic rings. The minimum Gasteiger partial charge on any atom is -0.444 e. The van der Waals surface area contributed by atoms with E-state index in [1.54, 1.807) is 0 Å². The lowest BCUT2D eigenvalue weighted by atomic mass is 10.1. The highest BCUT2D eigenvalue weighted by molar-refractivity contribution is 7.98. The monoisotopic (exact) mass is 321 g/mol. The Morgan fingerprint density at radius 1 is 1.36 bits per heavy atom. The lowest BCUT2D eigenvalue weighted by molar-refractivity contribution is 0.0523. The number of carbonyl (C=O) groups is 1. The van der Waals surface area contributed by atoms with E-state index in [0.717, 1.165) is 11.1 Å². The van der Waals surface area contributed by atoms with Crippen LogP contribution in [-0.2, 0) is 11.3 Å². The molecule has 1 aromatic carbocycles. The number of thioether (sulfide) groups is 1. The fourth-order valence-electron chi connectivity index (χ4n) is 1.71. The summed E-state index contributed by atoms with van der Waals surface area (Å²) in [6.45, 7) is 5.84. The third kappa shape index (κ3) is 4.77. The Balaban J connectivity index is 2.01. The average molecular weight is 321 g/mol. The van der Waals surface area contributed by atoms with Crippen molar-refractivity contribution in [3.63, 3.8) is 0 Å². The van der Waals surface area contributed by atoms with Crippen molar-refractivity contribution in [2.24, 2.45) is 0 Å². The van der Waals surface area contributed by atoms with Crippen LogP contribution in [0.5, 0.6) is 0 Å². The average Bonchev–Trinajstić information content (AvgIpc) is 2.93. The normalized spacial score (nSPS) is 11.3. The molecule has 1 amide bonds. The summed E-state index contributed by atoms with van der Waals surface area (Å²) in [5.41, 5.74) is 1.23. The summed E-state index contributed by atoms with van der Waals surface area (Å²) in [5, 5.41) is 11.1. The first-order valence-corrected chi connectivity index (χ1v) is 8.03. The van der Waals surface area contributed by atoms with Crippen LogP contribution in [0.25, 0.3) is 11.5 Å². The van der Waals surface area contributed by atoms with E-state index in [2.05, 4.69) is 15.5 Å². The van der Waals surface area contributed by atoms with Gasteiger partial charge in [0.25, 0.3) is 5.22 Å². The van der Waals surface area contributed by atoms with Gasteiger partial charge in [-0.1, -0.05) is 23.9 Å². The minimum atomic E-state index is -0.510. The standard InChI is InChI=1S/C15H19N3O3S/c1-15(2,3)21-13(19)16-9-10-6-5-7-11(8-10)12-17-18-14(20-12)22-4/h5-8H,9H2,1-4H3,(H,16,19). The van der Waals surface area contributed by atoms with Crippen molar-refractivity contribution in [1.82, 2.24) is 15.5 Å². The summed E-state index contributed by atoms with van der Waals surface area (Å²) in [7, 11) is 0. The zero-order valence-corrected chi connectivity index (χ0v) is 13.9. The number of nitrogens with one attached hydrogen (secondary N) is 1. The van der Waals surface area contributed by atoms with Crippen molar-refractivity contribution in [2.45, 2.75) is 38.1 Å². The highest BCUT2D eigenvalue weighted by atomic mass is 32.2. The topological polar surface area (TPSA) is 77.2 Å². The van der Waals surface area contributed by atoms with E-state index in [4.69, 9.17) is 9.15 Å². The van der Waals surface area contributed by atoms with Crippen molar-refractivity contribution in [1.29, 1.82) is 0 Å². The molecule has 1 N–H and O–H groups in total. The van der Waals surface area contributed by atoms with Gasteiger partial charge in [0.1, 0.15) is 5.60 Å². The van der Waals surface area contributed by atoms with Gasteiger partial charge in [0.15, 0.2) is 0 Å². The smallest absolute Gasteiger partial charge is 0.407 e. The summed E-state index contributed by atoms with van der Waals surface area (Å²) in [6, 6.07) is 7.57. The second-order valence-corrected chi connectivity index (χ2v) is 6.39. The van der Waals surface area contributed by atoms with Gasteiger partial charge in [0.05, 0.1) is 0 Å². The van der Waals surface area contributed by atoms with Crippen LogP contribution in [0.15, 0.2) is 33.9 Å². The second kappa shape index (κ2) is 6.83. The number of hydrogen-bond donors (Lipinski definition) is 1. The third-order valence-electron chi connectivity index (χ3n) is 2.59. The Kier molecular flexibility index (Phi) is 5.07. The van der Waals surface area contributed by atoms with E-state index >= 15 is 0 Å². The molecular weight excluding hydrogens is 302 g/mol. The Morgan fingerprint density at radius 3 is 2.77 bits per heavy atom. The van der Waals surface area contributed by atoms with Gasteiger partial charge in [-0.25, -0.2) is 4.79 Å². The second-order valence-electron chi connectivity index (χ2n) is 5.63. The van der Waals surface area contributed by atoms with Gasteiger partial charge in [0.2, 0.25) is 5.89 Å². The Labute approximate surface area is 133 Å². The molecule has 0 aliphatic heterocycles. The highest BCUT2D eigenvalue weighted by Crippen LogP contribution is 2.22. The number of carbonyl (C=O) groups excluding carboxylic acids is 1. The first kappa shape index (κ1) is 16.4. The number of amides is 1. The molecule has 0 saturated carbocycles. The van der Waals surface area contributed by atoms with Crippen LogP contribution >= 0.6 is 11.8 Å². The molecule has 0 atom stereocenters. The van der Waals surface area contributed by atoms with Gasteiger partial charge in [-0.3, -0.25) is 0 Å². The molecule has 0 spiro atoms. The van der Waals surface area contributed by atoms with Crippen LogP contribution in [0.2, 0.25) is 0 Å². The van der Waals surface area contributed by atoms with Crippen LogP contribution < -0.4 is 5.32 Å². The maximum absolute atomic E-state index is 11.7. The molecule has 0 saturated heterocycles. The largest absolute Gasteiger partial charge is 0.444 e. The minimum absolute atomic E-state index is 0.367. The van der Waals surface area contributed by atoms with Crippen molar-refractivity contribution in [2.75, 3.05) is 6.26 Å². The third-order valence-corrected chi connectivity index (χ3v) is 3.10. The quantitative estimate of drug-likeness (QED) is 0.869. The fraction of sp³-hybridized carbons (Fsp3) is 0.400. The molecule has 6 nitrogen and oxygen atoms in total. The number of aromatic nitrogens is 2. The summed E-state index contributed by atoms with van der Waals surface area (Å²) in [6.07, 6.45) is 1.43. The summed E-state index contributed by atoms with van der Waals surface area (Å²) in [5.74, 6) is 0.462. The van der Waals surface area contributed by atoms with Gasteiger partial charge in [0, 0.05) is 12.1 Å². The SMILES string of the molecule is CSc1nnc(-c2cccc(CNC(=O)OC(C)(C)C)c2)o1. The van der Waals surface area contributed by atoms with Gasteiger partial charge < -0.3 is 14.5 Å². The molecule has 0 fully saturated rings. The van der Waals surface area contributed by atoms with Crippen LogP contribution in [0.3, 0.4) is 0 Å². The number of benzene rings is 1.